The van der Waals surface area contributed by atoms with Crippen LogP contribution in [0.15, 0.2) is 109 Å². The molecule has 6 nitrogen and oxygen atoms in total. The highest BCUT2D eigenvalue weighted by Gasteiger charge is 2.47. The van der Waals surface area contributed by atoms with E-state index in [2.05, 4.69) is 0 Å². The van der Waals surface area contributed by atoms with Crippen molar-refractivity contribution in [3.8, 4) is 11.5 Å². The molecule has 1 aliphatic heterocycles. The quantitative estimate of drug-likeness (QED) is 0.184. The maximum Gasteiger partial charge on any atom is 0.300 e. The van der Waals surface area contributed by atoms with Gasteiger partial charge in [-0.25, -0.2) is 0 Å². The van der Waals surface area contributed by atoms with E-state index in [0.29, 0.717) is 34.9 Å². The van der Waals surface area contributed by atoms with E-state index >= 15 is 0 Å². The van der Waals surface area contributed by atoms with Crippen molar-refractivity contribution in [1.82, 2.24) is 0 Å². The van der Waals surface area contributed by atoms with Crippen LogP contribution in [-0.4, -0.2) is 23.9 Å². The number of carbonyl (C=O) groups excluding carboxylic acids is 2. The van der Waals surface area contributed by atoms with Gasteiger partial charge in [0.2, 0.25) is 0 Å². The molecule has 38 heavy (non-hydrogen) atoms. The number of aliphatic hydroxyl groups is 1. The third-order valence-corrected chi connectivity index (χ3v) is 6.59. The molecule has 1 atom stereocenters. The van der Waals surface area contributed by atoms with Crippen LogP contribution < -0.4 is 14.4 Å². The minimum absolute atomic E-state index is 0.0180. The Bertz CT molecular complexity index is 1510. The van der Waals surface area contributed by atoms with Crippen LogP contribution in [0.25, 0.3) is 5.76 Å². The number of aliphatic hydroxyl groups excluding tert-OH is 1. The number of hydrogen-bond donors (Lipinski definition) is 1. The minimum atomic E-state index is -0.832. The van der Waals surface area contributed by atoms with E-state index in [1.165, 1.54) is 12.0 Å². The molecule has 1 amide bonds. The van der Waals surface area contributed by atoms with Gasteiger partial charge in [-0.1, -0.05) is 72.8 Å². The lowest BCUT2D eigenvalue weighted by Gasteiger charge is -2.26. The van der Waals surface area contributed by atoms with E-state index in [9.17, 15) is 14.7 Å². The number of rotatable bonds is 7. The fourth-order valence-electron chi connectivity index (χ4n) is 4.71. The predicted octanol–water partition coefficient (Wildman–Crippen LogP) is 6.21. The molecule has 4 aromatic carbocycles. The van der Waals surface area contributed by atoms with Crippen LogP contribution in [0.2, 0.25) is 0 Å². The Hall–Kier alpha value is -4.84. The second-order valence-electron chi connectivity index (χ2n) is 9.01. The maximum atomic E-state index is 13.4. The van der Waals surface area contributed by atoms with E-state index < -0.39 is 17.7 Å². The van der Waals surface area contributed by atoms with Crippen LogP contribution in [-0.2, 0) is 16.2 Å². The summed E-state index contributed by atoms with van der Waals surface area (Å²) in [5.74, 6) is -0.619. The normalized spacial score (nSPS) is 16.5. The molecule has 1 N–H and O–H groups in total. The van der Waals surface area contributed by atoms with Crippen molar-refractivity contribution in [2.75, 3.05) is 12.0 Å². The van der Waals surface area contributed by atoms with Crippen molar-refractivity contribution < 1.29 is 24.2 Å². The first-order chi connectivity index (χ1) is 18.5. The SMILES string of the molecule is COc1ccccc1N1C(=O)C(=O)/C(=C(\O)c2ccc(OCc3ccccc3)c(C)c2)C1c1ccccc1. The molecule has 0 aliphatic carbocycles. The standard InChI is InChI=1S/C32H27NO5/c1-21-19-24(17-18-26(21)38-20-22-11-5-3-6-12-22)30(34)28-29(23-13-7-4-8-14-23)33(32(36)31(28)35)25-15-9-10-16-27(25)37-2/h3-19,29,34H,20H2,1-2H3/b30-28-. The van der Waals surface area contributed by atoms with Gasteiger partial charge >= 0.3 is 0 Å². The van der Waals surface area contributed by atoms with Gasteiger partial charge in [-0.15, -0.1) is 0 Å². The van der Waals surface area contributed by atoms with E-state index in [1.54, 1.807) is 42.5 Å². The van der Waals surface area contributed by atoms with Gasteiger partial charge < -0.3 is 14.6 Å². The Balaban J connectivity index is 1.56. The Morgan fingerprint density at radius 1 is 0.842 bits per heavy atom. The number of methoxy groups -OCH3 is 1. The average Bonchev–Trinajstić information content (AvgIpc) is 3.22. The van der Waals surface area contributed by atoms with Crippen molar-refractivity contribution in [2.45, 2.75) is 19.6 Å². The summed E-state index contributed by atoms with van der Waals surface area (Å²) in [4.78, 5) is 28.2. The van der Waals surface area contributed by atoms with Gasteiger partial charge in [-0.05, 0) is 53.9 Å². The maximum absolute atomic E-state index is 13.4. The summed E-state index contributed by atoms with van der Waals surface area (Å²) in [5, 5.41) is 11.5. The fraction of sp³-hybridized carbons (Fsp3) is 0.125. The van der Waals surface area contributed by atoms with Crippen molar-refractivity contribution >= 4 is 23.1 Å². The average molecular weight is 506 g/mol. The van der Waals surface area contributed by atoms with Gasteiger partial charge in [0, 0.05) is 5.56 Å². The van der Waals surface area contributed by atoms with Crippen LogP contribution in [0, 0.1) is 6.92 Å². The number of amides is 1. The van der Waals surface area contributed by atoms with Gasteiger partial charge in [0.25, 0.3) is 11.7 Å². The van der Waals surface area contributed by atoms with E-state index in [0.717, 1.165) is 11.1 Å². The summed E-state index contributed by atoms with van der Waals surface area (Å²) in [7, 11) is 1.51. The van der Waals surface area contributed by atoms with Crippen molar-refractivity contribution in [2.24, 2.45) is 0 Å². The largest absolute Gasteiger partial charge is 0.507 e. The first-order valence-electron chi connectivity index (χ1n) is 12.3. The topological polar surface area (TPSA) is 76.1 Å². The van der Waals surface area contributed by atoms with Crippen molar-refractivity contribution in [3.05, 3.63) is 131 Å². The third kappa shape index (κ3) is 4.64. The highest BCUT2D eigenvalue weighted by Crippen LogP contribution is 2.45. The number of anilines is 1. The first kappa shape index (κ1) is 24.8. The molecular formula is C32H27NO5. The lowest BCUT2D eigenvalue weighted by Crippen LogP contribution is -2.29. The summed E-state index contributed by atoms with van der Waals surface area (Å²) in [6.45, 7) is 2.28. The summed E-state index contributed by atoms with van der Waals surface area (Å²) in [5.41, 5.74) is 3.42. The van der Waals surface area contributed by atoms with Crippen LogP contribution in [0.1, 0.15) is 28.3 Å². The number of benzene rings is 4. The van der Waals surface area contributed by atoms with Gasteiger partial charge in [-0.2, -0.15) is 0 Å². The number of Topliss-reactive ketones (excluding diaryl/α,β-unsaturated/α-hetero) is 1. The zero-order valence-electron chi connectivity index (χ0n) is 21.1. The molecule has 1 saturated heterocycles. The zero-order valence-corrected chi connectivity index (χ0v) is 21.1. The summed E-state index contributed by atoms with van der Waals surface area (Å²) < 4.78 is 11.5. The van der Waals surface area contributed by atoms with Crippen LogP contribution >= 0.6 is 0 Å². The van der Waals surface area contributed by atoms with Crippen LogP contribution in [0.4, 0.5) is 5.69 Å². The molecule has 1 fully saturated rings. The number of hydrogen-bond acceptors (Lipinski definition) is 5. The molecule has 6 heteroatoms. The molecule has 190 valence electrons. The van der Waals surface area contributed by atoms with E-state index in [-0.39, 0.29) is 11.3 Å². The van der Waals surface area contributed by atoms with E-state index in [4.69, 9.17) is 9.47 Å². The Morgan fingerprint density at radius 2 is 1.50 bits per heavy atom. The Labute approximate surface area is 221 Å². The number of ether oxygens (including phenoxy) is 2. The summed E-state index contributed by atoms with van der Waals surface area (Å²) >= 11 is 0. The minimum Gasteiger partial charge on any atom is -0.507 e. The molecule has 0 spiro atoms. The van der Waals surface area contributed by atoms with Gasteiger partial charge in [0.1, 0.15) is 23.9 Å². The molecule has 0 saturated carbocycles. The fourth-order valence-corrected chi connectivity index (χ4v) is 4.71. The van der Waals surface area contributed by atoms with Gasteiger partial charge in [0.05, 0.1) is 24.4 Å². The summed E-state index contributed by atoms with van der Waals surface area (Å²) in [6.07, 6.45) is 0. The Kier molecular flexibility index (Phi) is 6.96. The molecule has 0 radical (unpaired) electrons. The van der Waals surface area contributed by atoms with Crippen molar-refractivity contribution in [1.29, 1.82) is 0 Å². The third-order valence-electron chi connectivity index (χ3n) is 6.59. The molecule has 1 unspecified atom stereocenters. The number of nitrogens with zero attached hydrogens (tertiary/aromatic N) is 1. The number of aryl methyl sites for hydroxylation is 1. The molecule has 1 heterocycles. The zero-order chi connectivity index (χ0) is 26.6. The highest BCUT2D eigenvalue weighted by atomic mass is 16.5. The predicted molar refractivity (Wildman–Crippen MR) is 146 cm³/mol. The number of carbonyl (C=O) groups is 2. The lowest BCUT2D eigenvalue weighted by atomic mass is 9.94. The second kappa shape index (κ2) is 10.6. The molecule has 4 aromatic rings. The number of ketones is 1. The van der Waals surface area contributed by atoms with Crippen LogP contribution in [0.3, 0.4) is 0 Å². The highest BCUT2D eigenvalue weighted by molar-refractivity contribution is 6.51. The summed E-state index contributed by atoms with van der Waals surface area (Å²) in [6, 6.07) is 30.4. The molecule has 0 aromatic heterocycles. The monoisotopic (exact) mass is 505 g/mol. The molecule has 0 bridgehead atoms. The molecular weight excluding hydrogens is 478 g/mol. The molecule has 5 rings (SSSR count). The van der Waals surface area contributed by atoms with Gasteiger partial charge in [0.15, 0.2) is 0 Å². The van der Waals surface area contributed by atoms with Gasteiger partial charge in [-0.3, -0.25) is 14.5 Å². The van der Waals surface area contributed by atoms with Crippen molar-refractivity contribution in [3.63, 3.8) is 0 Å². The Morgan fingerprint density at radius 3 is 2.18 bits per heavy atom. The van der Waals surface area contributed by atoms with E-state index in [1.807, 2.05) is 67.6 Å². The molecule has 1 aliphatic rings. The second-order valence-corrected chi connectivity index (χ2v) is 9.01. The first-order valence-corrected chi connectivity index (χ1v) is 12.3. The lowest BCUT2D eigenvalue weighted by molar-refractivity contribution is -0.132. The smallest absolute Gasteiger partial charge is 0.300 e. The number of para-hydroxylation sites is 2. The van der Waals surface area contributed by atoms with Crippen LogP contribution in [0.5, 0.6) is 11.5 Å².